The monoisotopic (exact) mass is 227 g/mol. The second-order valence-electron chi connectivity index (χ2n) is 4.17. The highest BCUT2D eigenvalue weighted by molar-refractivity contribution is 5.89. The van der Waals surface area contributed by atoms with Crippen LogP contribution in [0.1, 0.15) is 12.8 Å². The SMILES string of the molecule is NC(=O)C1CCCN1C(=O)C1COCCN1. The Hall–Kier alpha value is -1.14. The van der Waals surface area contributed by atoms with Crippen molar-refractivity contribution in [2.24, 2.45) is 5.73 Å². The highest BCUT2D eigenvalue weighted by Crippen LogP contribution is 2.18. The van der Waals surface area contributed by atoms with E-state index in [2.05, 4.69) is 5.32 Å². The topological polar surface area (TPSA) is 84.7 Å². The molecule has 0 aliphatic carbocycles. The number of nitrogens with two attached hydrogens (primary N) is 1. The fraction of sp³-hybridized carbons (Fsp3) is 0.800. The number of carbonyl (C=O) groups excluding carboxylic acids is 2. The molecule has 0 spiro atoms. The molecule has 90 valence electrons. The molecular formula is C10H17N3O3. The molecule has 2 saturated heterocycles. The summed E-state index contributed by atoms with van der Waals surface area (Å²) < 4.78 is 5.23. The van der Waals surface area contributed by atoms with Crippen LogP contribution < -0.4 is 11.1 Å². The second kappa shape index (κ2) is 4.80. The van der Waals surface area contributed by atoms with Gasteiger partial charge in [0.25, 0.3) is 0 Å². The van der Waals surface area contributed by atoms with Crippen LogP contribution >= 0.6 is 0 Å². The molecule has 2 aliphatic rings. The number of rotatable bonds is 2. The first-order chi connectivity index (χ1) is 7.70. The second-order valence-corrected chi connectivity index (χ2v) is 4.17. The standard InChI is InChI=1S/C10H17N3O3/c11-9(14)8-2-1-4-13(8)10(15)7-6-16-5-3-12-7/h7-8,12H,1-6H2,(H2,11,14). The first-order valence-corrected chi connectivity index (χ1v) is 5.61. The number of hydrogen-bond donors (Lipinski definition) is 2. The molecule has 0 aromatic rings. The Morgan fingerprint density at radius 1 is 1.44 bits per heavy atom. The van der Waals surface area contributed by atoms with Gasteiger partial charge in [-0.25, -0.2) is 0 Å². The van der Waals surface area contributed by atoms with Crippen LogP contribution in [0, 0.1) is 0 Å². The molecule has 16 heavy (non-hydrogen) atoms. The van der Waals surface area contributed by atoms with Gasteiger partial charge < -0.3 is 20.7 Å². The third-order valence-corrected chi connectivity index (χ3v) is 3.08. The van der Waals surface area contributed by atoms with Gasteiger partial charge in [-0.1, -0.05) is 0 Å². The molecule has 3 N–H and O–H groups in total. The third-order valence-electron chi connectivity index (χ3n) is 3.08. The minimum absolute atomic E-state index is 0.0685. The van der Waals surface area contributed by atoms with Crippen LogP contribution in [0.3, 0.4) is 0 Å². The molecule has 0 radical (unpaired) electrons. The van der Waals surface area contributed by atoms with Crippen LogP contribution in [0.4, 0.5) is 0 Å². The Labute approximate surface area is 94.1 Å². The molecule has 2 atom stereocenters. The number of carbonyl (C=O) groups is 2. The van der Waals surface area contributed by atoms with Gasteiger partial charge in [-0.15, -0.1) is 0 Å². The van der Waals surface area contributed by atoms with Gasteiger partial charge in [0.15, 0.2) is 0 Å². The van der Waals surface area contributed by atoms with Crippen molar-refractivity contribution < 1.29 is 14.3 Å². The average molecular weight is 227 g/mol. The average Bonchev–Trinajstić information content (AvgIpc) is 2.78. The summed E-state index contributed by atoms with van der Waals surface area (Å²) in [5.74, 6) is -0.483. The quantitative estimate of drug-likeness (QED) is 0.598. The summed E-state index contributed by atoms with van der Waals surface area (Å²) in [5, 5.41) is 3.09. The molecule has 0 saturated carbocycles. The lowest BCUT2D eigenvalue weighted by Crippen LogP contribution is -2.55. The van der Waals surface area contributed by atoms with E-state index in [1.807, 2.05) is 0 Å². The maximum atomic E-state index is 12.1. The van der Waals surface area contributed by atoms with Crippen LogP contribution in [-0.2, 0) is 14.3 Å². The molecule has 2 unspecified atom stereocenters. The zero-order chi connectivity index (χ0) is 11.5. The molecule has 2 amide bonds. The van der Waals surface area contributed by atoms with Crippen molar-refractivity contribution in [1.29, 1.82) is 0 Å². The number of ether oxygens (including phenoxy) is 1. The number of amides is 2. The zero-order valence-corrected chi connectivity index (χ0v) is 9.15. The van der Waals surface area contributed by atoms with Gasteiger partial charge in [-0.3, -0.25) is 9.59 Å². The van der Waals surface area contributed by atoms with Crippen LogP contribution in [0.15, 0.2) is 0 Å². The molecule has 2 fully saturated rings. The normalized spacial score (nSPS) is 30.4. The Morgan fingerprint density at radius 2 is 2.25 bits per heavy atom. The van der Waals surface area contributed by atoms with Gasteiger partial charge >= 0.3 is 0 Å². The first-order valence-electron chi connectivity index (χ1n) is 5.61. The van der Waals surface area contributed by atoms with Crippen molar-refractivity contribution >= 4 is 11.8 Å². The van der Waals surface area contributed by atoms with E-state index in [4.69, 9.17) is 10.5 Å². The predicted octanol–water partition coefficient (Wildman–Crippen LogP) is -1.55. The number of primary amides is 1. The van der Waals surface area contributed by atoms with Gasteiger partial charge in [-0.2, -0.15) is 0 Å². The van der Waals surface area contributed by atoms with Gasteiger partial charge in [0, 0.05) is 13.1 Å². The largest absolute Gasteiger partial charge is 0.378 e. The Bertz CT molecular complexity index is 289. The number of morpholine rings is 1. The number of nitrogens with zero attached hydrogens (tertiary/aromatic N) is 1. The summed E-state index contributed by atoms with van der Waals surface area (Å²) in [6, 6.07) is -0.759. The lowest BCUT2D eigenvalue weighted by atomic mass is 10.2. The Morgan fingerprint density at radius 3 is 2.88 bits per heavy atom. The maximum Gasteiger partial charge on any atom is 0.242 e. The predicted molar refractivity (Wildman–Crippen MR) is 56.5 cm³/mol. The fourth-order valence-electron chi connectivity index (χ4n) is 2.25. The maximum absolute atomic E-state index is 12.1. The lowest BCUT2D eigenvalue weighted by Gasteiger charge is -2.29. The molecular weight excluding hydrogens is 210 g/mol. The van der Waals surface area contributed by atoms with E-state index in [1.165, 1.54) is 0 Å². The highest BCUT2D eigenvalue weighted by Gasteiger charge is 2.36. The van der Waals surface area contributed by atoms with E-state index >= 15 is 0 Å². The Balaban J connectivity index is 1.99. The highest BCUT2D eigenvalue weighted by atomic mass is 16.5. The van der Waals surface area contributed by atoms with Crippen molar-refractivity contribution in [3.05, 3.63) is 0 Å². The van der Waals surface area contributed by atoms with E-state index in [0.29, 0.717) is 32.7 Å². The third kappa shape index (κ3) is 2.17. The minimum atomic E-state index is -0.434. The molecule has 0 aromatic carbocycles. The molecule has 2 aliphatic heterocycles. The summed E-state index contributed by atoms with van der Waals surface area (Å²) in [7, 11) is 0. The molecule has 0 aromatic heterocycles. The minimum Gasteiger partial charge on any atom is -0.378 e. The summed E-state index contributed by atoms with van der Waals surface area (Å²) in [5.41, 5.74) is 5.27. The smallest absolute Gasteiger partial charge is 0.242 e. The zero-order valence-electron chi connectivity index (χ0n) is 9.15. The van der Waals surface area contributed by atoms with E-state index < -0.39 is 11.9 Å². The van der Waals surface area contributed by atoms with E-state index in [-0.39, 0.29) is 11.9 Å². The summed E-state index contributed by atoms with van der Waals surface area (Å²) in [6.45, 7) is 2.29. The van der Waals surface area contributed by atoms with E-state index in [0.717, 1.165) is 6.42 Å². The van der Waals surface area contributed by atoms with E-state index in [9.17, 15) is 9.59 Å². The summed E-state index contributed by atoms with van der Waals surface area (Å²) >= 11 is 0. The van der Waals surface area contributed by atoms with Crippen molar-refractivity contribution in [3.8, 4) is 0 Å². The molecule has 2 heterocycles. The van der Waals surface area contributed by atoms with Gasteiger partial charge in [0.05, 0.1) is 13.2 Å². The number of hydrogen-bond acceptors (Lipinski definition) is 4. The van der Waals surface area contributed by atoms with Crippen molar-refractivity contribution in [2.75, 3.05) is 26.3 Å². The van der Waals surface area contributed by atoms with Crippen LogP contribution in [0.2, 0.25) is 0 Å². The Kier molecular flexibility index (Phi) is 3.40. The lowest BCUT2D eigenvalue weighted by molar-refractivity contribution is -0.141. The summed E-state index contributed by atoms with van der Waals surface area (Å²) in [4.78, 5) is 24.8. The molecule has 0 bridgehead atoms. The van der Waals surface area contributed by atoms with Crippen LogP contribution in [-0.4, -0.2) is 55.1 Å². The molecule has 6 nitrogen and oxygen atoms in total. The number of nitrogens with one attached hydrogen (secondary N) is 1. The van der Waals surface area contributed by atoms with Crippen LogP contribution in [0.25, 0.3) is 0 Å². The fourth-order valence-corrected chi connectivity index (χ4v) is 2.25. The van der Waals surface area contributed by atoms with Gasteiger partial charge in [-0.05, 0) is 12.8 Å². The van der Waals surface area contributed by atoms with Gasteiger partial charge in [0.1, 0.15) is 12.1 Å². The number of likely N-dealkylation sites (tertiary alicyclic amines) is 1. The van der Waals surface area contributed by atoms with Gasteiger partial charge in [0.2, 0.25) is 11.8 Å². The van der Waals surface area contributed by atoms with Crippen LogP contribution in [0.5, 0.6) is 0 Å². The molecule has 2 rings (SSSR count). The van der Waals surface area contributed by atoms with Crippen molar-refractivity contribution in [3.63, 3.8) is 0 Å². The van der Waals surface area contributed by atoms with E-state index in [1.54, 1.807) is 4.90 Å². The molecule has 6 heteroatoms. The summed E-state index contributed by atoms with van der Waals surface area (Å²) in [6.07, 6.45) is 1.52. The van der Waals surface area contributed by atoms with Crippen molar-refractivity contribution in [2.45, 2.75) is 24.9 Å². The first kappa shape index (κ1) is 11.3. The van der Waals surface area contributed by atoms with Crippen molar-refractivity contribution in [1.82, 2.24) is 10.2 Å².